The van der Waals surface area contributed by atoms with Crippen molar-refractivity contribution in [1.82, 2.24) is 4.90 Å². The molecule has 9 heteroatoms. The van der Waals surface area contributed by atoms with Crippen LogP contribution in [0.1, 0.15) is 22.8 Å². The number of nitrogens with zero attached hydrogens (tertiary/aromatic N) is 2. The number of rotatable bonds is 5. The molecule has 1 aliphatic rings. The summed E-state index contributed by atoms with van der Waals surface area (Å²) in [6.07, 6.45) is 1.71. The van der Waals surface area contributed by atoms with Crippen molar-refractivity contribution >= 4 is 68.1 Å². The third-order valence-electron chi connectivity index (χ3n) is 4.05. The van der Waals surface area contributed by atoms with Crippen molar-refractivity contribution in [3.05, 3.63) is 61.9 Å². The Morgan fingerprint density at radius 3 is 2.79 bits per heavy atom. The van der Waals surface area contributed by atoms with Crippen molar-refractivity contribution in [3.8, 4) is 5.75 Å². The van der Waals surface area contributed by atoms with Gasteiger partial charge in [-0.25, -0.2) is 9.79 Å². The van der Waals surface area contributed by atoms with Gasteiger partial charge in [0.05, 0.1) is 28.3 Å². The molecule has 150 valence electrons. The molecule has 0 unspecified atom stereocenters. The molecule has 0 bridgehead atoms. The minimum atomic E-state index is -1.03. The Balaban J connectivity index is 2.01. The maximum absolute atomic E-state index is 12.9. The molecule has 29 heavy (non-hydrogen) atoms. The van der Waals surface area contributed by atoms with Gasteiger partial charge in [-0.15, -0.1) is 0 Å². The molecule has 6 nitrogen and oxygen atoms in total. The van der Waals surface area contributed by atoms with Crippen molar-refractivity contribution in [2.75, 3.05) is 13.7 Å². The quantitative estimate of drug-likeness (QED) is 0.559. The number of hydrogen-bond donors (Lipinski definition) is 1. The van der Waals surface area contributed by atoms with Crippen molar-refractivity contribution in [3.63, 3.8) is 0 Å². The zero-order valence-corrected chi connectivity index (χ0v) is 18.6. The first-order chi connectivity index (χ1) is 13.8. The summed E-state index contributed by atoms with van der Waals surface area (Å²) in [5, 5.41) is 10.1. The molecule has 0 spiro atoms. The minimum Gasteiger partial charge on any atom is -0.495 e. The fraction of sp³-hybridized carbons (Fsp3) is 0.150. The third-order valence-corrected chi connectivity index (χ3v) is 5.80. The van der Waals surface area contributed by atoms with Gasteiger partial charge in [-0.3, -0.25) is 9.69 Å². The largest absolute Gasteiger partial charge is 0.495 e. The predicted molar refractivity (Wildman–Crippen MR) is 119 cm³/mol. The zero-order valence-electron chi connectivity index (χ0n) is 15.5. The number of likely N-dealkylation sites (N-methyl/N-ethyl adjacent to an activating group) is 1. The minimum absolute atomic E-state index is 0.133. The van der Waals surface area contributed by atoms with E-state index in [-0.39, 0.29) is 11.5 Å². The van der Waals surface area contributed by atoms with Crippen LogP contribution in [0.25, 0.3) is 6.08 Å². The number of amides is 1. The van der Waals surface area contributed by atoms with E-state index in [1.54, 1.807) is 24.3 Å². The summed E-state index contributed by atoms with van der Waals surface area (Å²) in [6, 6.07) is 9.79. The average molecular weight is 496 g/mol. The molecule has 0 atom stereocenters. The van der Waals surface area contributed by atoms with E-state index in [0.717, 1.165) is 4.47 Å². The lowest BCUT2D eigenvalue weighted by Gasteiger charge is -2.12. The van der Waals surface area contributed by atoms with Crippen LogP contribution in [0.4, 0.5) is 5.69 Å². The Hall–Kier alpha value is -2.29. The Bertz CT molecular complexity index is 1050. The first-order valence-corrected chi connectivity index (χ1v) is 10.5. The summed E-state index contributed by atoms with van der Waals surface area (Å²) in [6.45, 7) is 2.28. The van der Waals surface area contributed by atoms with E-state index in [1.165, 1.54) is 35.9 Å². The highest BCUT2D eigenvalue weighted by Gasteiger charge is 2.32. The second kappa shape index (κ2) is 9.02. The molecule has 0 aliphatic carbocycles. The second-order valence-corrected chi connectivity index (χ2v) is 8.25. The number of ether oxygens (including phenoxy) is 1. The molecule has 3 rings (SSSR count). The molecule has 1 aliphatic heterocycles. The normalized spacial score (nSPS) is 16.7. The Kier molecular flexibility index (Phi) is 6.66. The van der Waals surface area contributed by atoms with Gasteiger partial charge < -0.3 is 9.84 Å². The molecule has 1 N–H and O–H groups in total. The number of carbonyl (C=O) groups excluding carboxylic acids is 1. The zero-order chi connectivity index (χ0) is 21.1. The molecule has 2 aromatic carbocycles. The van der Waals surface area contributed by atoms with E-state index in [2.05, 4.69) is 20.9 Å². The lowest BCUT2D eigenvalue weighted by Crippen LogP contribution is -2.28. The number of halogens is 2. The average Bonchev–Trinajstić information content (AvgIpc) is 2.96. The number of amidine groups is 1. The van der Waals surface area contributed by atoms with Crippen LogP contribution in [0.15, 0.2) is 50.8 Å². The fourth-order valence-electron chi connectivity index (χ4n) is 2.73. The Morgan fingerprint density at radius 2 is 2.14 bits per heavy atom. The van der Waals surface area contributed by atoms with Crippen molar-refractivity contribution in [2.45, 2.75) is 6.92 Å². The van der Waals surface area contributed by atoms with Gasteiger partial charge in [-0.05, 0) is 55.1 Å². The van der Waals surface area contributed by atoms with Gasteiger partial charge in [0.1, 0.15) is 5.75 Å². The third kappa shape index (κ3) is 4.66. The van der Waals surface area contributed by atoms with Crippen molar-refractivity contribution in [1.29, 1.82) is 0 Å². The van der Waals surface area contributed by atoms with Gasteiger partial charge >= 0.3 is 5.97 Å². The van der Waals surface area contributed by atoms with Crippen LogP contribution in [0.3, 0.4) is 0 Å². The van der Waals surface area contributed by atoms with Crippen LogP contribution in [0.5, 0.6) is 5.75 Å². The molecular formula is C20H16BrClN2O4S. The second-order valence-electron chi connectivity index (χ2n) is 5.92. The number of carboxylic acid groups (broad SMARTS) is 1. The van der Waals surface area contributed by atoms with Gasteiger partial charge in [0, 0.05) is 16.6 Å². The molecule has 1 fully saturated rings. The number of carbonyl (C=O) groups is 2. The van der Waals surface area contributed by atoms with Crippen LogP contribution in [0, 0.1) is 0 Å². The summed E-state index contributed by atoms with van der Waals surface area (Å²) >= 11 is 10.8. The topological polar surface area (TPSA) is 79.2 Å². The summed E-state index contributed by atoms with van der Waals surface area (Å²) < 4.78 is 6.13. The van der Waals surface area contributed by atoms with E-state index in [0.29, 0.717) is 38.6 Å². The van der Waals surface area contributed by atoms with Crippen molar-refractivity contribution < 1.29 is 19.4 Å². The lowest BCUT2D eigenvalue weighted by molar-refractivity contribution is -0.122. The van der Waals surface area contributed by atoms with E-state index in [4.69, 9.17) is 21.4 Å². The summed E-state index contributed by atoms with van der Waals surface area (Å²) in [7, 11) is 1.52. The smallest absolute Gasteiger partial charge is 0.335 e. The lowest BCUT2D eigenvalue weighted by atomic mass is 10.2. The number of aromatic carboxylic acids is 1. The van der Waals surface area contributed by atoms with E-state index < -0.39 is 5.97 Å². The molecule has 0 aromatic heterocycles. The van der Waals surface area contributed by atoms with Gasteiger partial charge in [0.15, 0.2) is 5.17 Å². The van der Waals surface area contributed by atoms with E-state index in [9.17, 15) is 9.59 Å². The first kappa shape index (κ1) is 21.4. The summed E-state index contributed by atoms with van der Waals surface area (Å²) in [5.41, 5.74) is 1.25. The molecule has 0 radical (unpaired) electrons. The number of methoxy groups -OCH3 is 1. The van der Waals surface area contributed by atoms with Crippen LogP contribution in [0.2, 0.25) is 5.02 Å². The predicted octanol–water partition coefficient (Wildman–Crippen LogP) is 5.43. The number of hydrogen-bond acceptors (Lipinski definition) is 5. The fourth-order valence-corrected chi connectivity index (χ4v) is 4.70. The molecule has 1 amide bonds. The monoisotopic (exact) mass is 494 g/mol. The van der Waals surface area contributed by atoms with Gasteiger partial charge in [-0.2, -0.15) is 0 Å². The molecule has 1 saturated heterocycles. The van der Waals surface area contributed by atoms with Gasteiger partial charge in [-0.1, -0.05) is 33.6 Å². The number of thioether (sulfide) groups is 1. The molecule has 1 heterocycles. The summed E-state index contributed by atoms with van der Waals surface area (Å²) in [4.78, 5) is 30.5. The highest BCUT2D eigenvalue weighted by Crippen LogP contribution is 2.38. The highest BCUT2D eigenvalue weighted by atomic mass is 79.9. The number of aliphatic imine (C=N–C) groups is 1. The maximum Gasteiger partial charge on any atom is 0.335 e. The summed E-state index contributed by atoms with van der Waals surface area (Å²) in [5.74, 6) is -0.754. The van der Waals surface area contributed by atoms with Gasteiger partial charge in [0.2, 0.25) is 0 Å². The first-order valence-electron chi connectivity index (χ1n) is 8.50. The number of carboxylic acids is 1. The number of benzene rings is 2. The van der Waals surface area contributed by atoms with Crippen LogP contribution >= 0.6 is 39.3 Å². The Morgan fingerprint density at radius 1 is 1.38 bits per heavy atom. The van der Waals surface area contributed by atoms with Crippen LogP contribution in [-0.4, -0.2) is 40.7 Å². The Labute approximate surface area is 185 Å². The van der Waals surface area contributed by atoms with Crippen molar-refractivity contribution in [2.24, 2.45) is 4.99 Å². The van der Waals surface area contributed by atoms with E-state index >= 15 is 0 Å². The molecule has 0 saturated carbocycles. The maximum atomic E-state index is 12.9. The van der Waals surface area contributed by atoms with Crippen LogP contribution in [-0.2, 0) is 4.79 Å². The SMILES string of the molecule is CCN1C(=O)C(=Cc2cc(Br)cc(Cl)c2OC)SC1=Nc1cccc(C(=O)O)c1. The van der Waals surface area contributed by atoms with E-state index in [1.807, 2.05) is 13.0 Å². The standard InChI is InChI=1S/C20H16BrClN2O4S/c1-3-24-18(25)16(9-12-7-13(21)10-15(22)17(12)28-2)29-20(24)23-14-6-4-5-11(8-14)19(26)27/h4-10H,3H2,1-2H3,(H,26,27). The molecular weight excluding hydrogens is 480 g/mol. The van der Waals surface area contributed by atoms with Crippen LogP contribution < -0.4 is 4.74 Å². The van der Waals surface area contributed by atoms with Gasteiger partial charge in [0.25, 0.3) is 5.91 Å². The highest BCUT2D eigenvalue weighted by molar-refractivity contribution is 9.10. The molecule has 2 aromatic rings.